The molecule has 162 valence electrons. The van der Waals surface area contributed by atoms with Gasteiger partial charge in [-0.05, 0) is 38.1 Å². The Bertz CT molecular complexity index is 1130. The van der Waals surface area contributed by atoms with Crippen molar-refractivity contribution in [1.29, 1.82) is 0 Å². The zero-order chi connectivity index (χ0) is 22.5. The lowest BCUT2D eigenvalue weighted by molar-refractivity contribution is -0.385. The molecule has 2 aromatic carbocycles. The fourth-order valence-electron chi connectivity index (χ4n) is 2.90. The normalized spacial score (nSPS) is 10.5. The van der Waals surface area contributed by atoms with E-state index in [0.717, 1.165) is 11.6 Å². The number of hydrogen-bond acceptors (Lipinski definition) is 9. The number of carbonyl (C=O) groups excluding carboxylic acids is 1. The van der Waals surface area contributed by atoms with Gasteiger partial charge >= 0.3 is 11.7 Å². The molecule has 9 nitrogen and oxygen atoms in total. The summed E-state index contributed by atoms with van der Waals surface area (Å²) in [6.07, 6.45) is 0. The van der Waals surface area contributed by atoms with Gasteiger partial charge < -0.3 is 19.3 Å². The van der Waals surface area contributed by atoms with E-state index in [1.807, 2.05) is 19.9 Å². The van der Waals surface area contributed by atoms with Crippen molar-refractivity contribution in [2.24, 2.45) is 0 Å². The molecule has 0 atom stereocenters. The van der Waals surface area contributed by atoms with E-state index >= 15 is 0 Å². The standard InChI is InChI=1S/C21H20N2O7S/c1-4-29-17-7-6-12(10-18(17)30-5-2)20-22-15(11-31-20)14-8-13(21(25)28-3)9-16(19(14)24)23(26)27/h6-11,24H,4-5H2,1-3H3. The van der Waals surface area contributed by atoms with E-state index in [1.54, 1.807) is 17.5 Å². The SMILES string of the molecule is CCOc1ccc(-c2nc(-c3cc(C(=O)OC)cc([N+](=O)[O-])c3O)cs2)cc1OCC. The average Bonchev–Trinajstić information content (AvgIpc) is 3.24. The van der Waals surface area contributed by atoms with Crippen LogP contribution >= 0.6 is 11.3 Å². The second-order valence-electron chi connectivity index (χ2n) is 6.21. The van der Waals surface area contributed by atoms with Crippen LogP contribution in [0, 0.1) is 10.1 Å². The van der Waals surface area contributed by atoms with Crippen molar-refractivity contribution in [2.45, 2.75) is 13.8 Å². The highest BCUT2D eigenvalue weighted by molar-refractivity contribution is 7.13. The van der Waals surface area contributed by atoms with Crippen molar-refractivity contribution in [2.75, 3.05) is 20.3 Å². The van der Waals surface area contributed by atoms with Crippen molar-refractivity contribution >= 4 is 23.0 Å². The van der Waals surface area contributed by atoms with Crippen molar-refractivity contribution in [1.82, 2.24) is 4.98 Å². The molecule has 1 aromatic heterocycles. The molecule has 3 rings (SSSR count). The number of hydrogen-bond donors (Lipinski definition) is 1. The number of thiazole rings is 1. The number of aromatic hydroxyl groups is 1. The summed E-state index contributed by atoms with van der Waals surface area (Å²) in [6, 6.07) is 7.69. The van der Waals surface area contributed by atoms with E-state index in [0.29, 0.717) is 29.7 Å². The van der Waals surface area contributed by atoms with Gasteiger partial charge in [0.25, 0.3) is 0 Å². The van der Waals surface area contributed by atoms with Crippen LogP contribution in [-0.4, -0.2) is 41.3 Å². The van der Waals surface area contributed by atoms with Crippen LogP contribution in [0.25, 0.3) is 21.8 Å². The highest BCUT2D eigenvalue weighted by atomic mass is 32.1. The van der Waals surface area contributed by atoms with Crippen molar-refractivity contribution < 1.29 is 29.0 Å². The second kappa shape index (κ2) is 9.43. The smallest absolute Gasteiger partial charge is 0.338 e. The minimum Gasteiger partial charge on any atom is -0.502 e. The zero-order valence-corrected chi connectivity index (χ0v) is 17.9. The number of methoxy groups -OCH3 is 1. The van der Waals surface area contributed by atoms with E-state index in [9.17, 15) is 20.0 Å². The molecule has 1 N–H and O–H groups in total. The first-order valence-electron chi connectivity index (χ1n) is 9.35. The summed E-state index contributed by atoms with van der Waals surface area (Å²) in [4.78, 5) is 27.0. The van der Waals surface area contributed by atoms with Gasteiger partial charge in [0.2, 0.25) is 5.75 Å². The van der Waals surface area contributed by atoms with E-state index in [-0.39, 0.29) is 16.8 Å². The van der Waals surface area contributed by atoms with Gasteiger partial charge in [-0.2, -0.15) is 0 Å². The first kappa shape index (κ1) is 22.0. The van der Waals surface area contributed by atoms with Crippen molar-refractivity contribution in [3.63, 3.8) is 0 Å². The minimum absolute atomic E-state index is 0.0590. The van der Waals surface area contributed by atoms with Crippen molar-refractivity contribution in [3.05, 3.63) is 51.4 Å². The molecule has 10 heteroatoms. The van der Waals surface area contributed by atoms with Gasteiger partial charge in [-0.15, -0.1) is 11.3 Å². The van der Waals surface area contributed by atoms with Crippen LogP contribution in [0.5, 0.6) is 17.2 Å². The van der Waals surface area contributed by atoms with Crippen molar-refractivity contribution in [3.8, 4) is 39.1 Å². The zero-order valence-electron chi connectivity index (χ0n) is 17.1. The number of esters is 1. The van der Waals surface area contributed by atoms with Crippen LogP contribution in [0.1, 0.15) is 24.2 Å². The number of phenolic OH excluding ortho intramolecular Hbond substituents is 1. The molecular formula is C21H20N2O7S. The lowest BCUT2D eigenvalue weighted by Gasteiger charge is -2.11. The van der Waals surface area contributed by atoms with Gasteiger partial charge in [0.1, 0.15) is 5.01 Å². The molecule has 0 bridgehead atoms. The predicted molar refractivity (Wildman–Crippen MR) is 115 cm³/mol. The van der Waals surface area contributed by atoms with Crippen LogP contribution in [0.3, 0.4) is 0 Å². The number of rotatable bonds is 8. The summed E-state index contributed by atoms with van der Waals surface area (Å²) in [5, 5.41) is 24.0. The summed E-state index contributed by atoms with van der Waals surface area (Å²) in [7, 11) is 1.17. The largest absolute Gasteiger partial charge is 0.502 e. The molecule has 0 aliphatic rings. The van der Waals surface area contributed by atoms with Crippen LogP contribution in [0.15, 0.2) is 35.7 Å². The van der Waals surface area contributed by atoms with Crippen LogP contribution in [-0.2, 0) is 4.74 Å². The lowest BCUT2D eigenvalue weighted by Crippen LogP contribution is -2.03. The molecule has 0 aliphatic heterocycles. The molecule has 3 aromatic rings. The average molecular weight is 444 g/mol. The monoisotopic (exact) mass is 444 g/mol. The number of carbonyl (C=O) groups is 1. The molecule has 0 saturated heterocycles. The topological polar surface area (TPSA) is 121 Å². The summed E-state index contributed by atoms with van der Waals surface area (Å²) in [6.45, 7) is 4.71. The van der Waals surface area contributed by atoms with E-state index in [2.05, 4.69) is 9.72 Å². The van der Waals surface area contributed by atoms with E-state index in [1.165, 1.54) is 24.5 Å². The molecular weight excluding hydrogens is 424 g/mol. The Morgan fingerprint density at radius 1 is 1.16 bits per heavy atom. The molecule has 0 fully saturated rings. The van der Waals surface area contributed by atoms with Crippen LogP contribution in [0.4, 0.5) is 5.69 Å². The van der Waals surface area contributed by atoms with Gasteiger partial charge in [-0.3, -0.25) is 10.1 Å². The Labute approximate surface area is 182 Å². The predicted octanol–water partition coefficient (Wildman–Crippen LogP) is 4.67. The number of phenols is 1. The quantitative estimate of drug-likeness (QED) is 0.302. The summed E-state index contributed by atoms with van der Waals surface area (Å²) in [5.74, 6) is -0.141. The molecule has 0 amide bonds. The van der Waals surface area contributed by atoms with Gasteiger partial charge in [0.15, 0.2) is 11.5 Å². The van der Waals surface area contributed by atoms with Gasteiger partial charge in [-0.25, -0.2) is 9.78 Å². The molecule has 0 aliphatic carbocycles. The van der Waals surface area contributed by atoms with Crippen LogP contribution in [0.2, 0.25) is 0 Å². The van der Waals surface area contributed by atoms with Gasteiger partial charge in [0.05, 0.1) is 42.1 Å². The summed E-state index contributed by atoms with van der Waals surface area (Å²) < 4.78 is 15.9. The Kier molecular flexibility index (Phi) is 6.71. The number of nitro groups is 1. The molecule has 1 heterocycles. The minimum atomic E-state index is -0.765. The maximum absolute atomic E-state index is 11.9. The number of nitrogens with zero attached hydrogens (tertiary/aromatic N) is 2. The van der Waals surface area contributed by atoms with Crippen LogP contribution < -0.4 is 9.47 Å². The van der Waals surface area contributed by atoms with E-state index in [4.69, 9.17) is 9.47 Å². The number of ether oxygens (including phenoxy) is 3. The number of benzene rings is 2. The third-order valence-corrected chi connectivity index (χ3v) is 5.17. The molecule has 0 unspecified atom stereocenters. The highest BCUT2D eigenvalue weighted by Crippen LogP contribution is 2.41. The Hall–Kier alpha value is -3.66. The number of nitro benzene ring substituents is 1. The fraction of sp³-hybridized carbons (Fsp3) is 0.238. The molecule has 31 heavy (non-hydrogen) atoms. The number of aromatic nitrogens is 1. The Balaban J connectivity index is 2.06. The van der Waals surface area contributed by atoms with E-state index < -0.39 is 22.3 Å². The summed E-state index contributed by atoms with van der Waals surface area (Å²) >= 11 is 1.28. The highest BCUT2D eigenvalue weighted by Gasteiger charge is 2.24. The first-order valence-corrected chi connectivity index (χ1v) is 10.2. The first-order chi connectivity index (χ1) is 14.9. The van der Waals surface area contributed by atoms with Gasteiger partial charge in [0, 0.05) is 17.0 Å². The Morgan fingerprint density at radius 3 is 2.52 bits per heavy atom. The molecule has 0 radical (unpaired) electrons. The fourth-order valence-corrected chi connectivity index (χ4v) is 3.72. The molecule has 0 spiro atoms. The second-order valence-corrected chi connectivity index (χ2v) is 7.06. The third-order valence-electron chi connectivity index (χ3n) is 4.28. The van der Waals surface area contributed by atoms with Gasteiger partial charge in [-0.1, -0.05) is 0 Å². The maximum Gasteiger partial charge on any atom is 0.338 e. The summed E-state index contributed by atoms with van der Waals surface area (Å²) in [5.41, 5.74) is 0.441. The third kappa shape index (κ3) is 4.58. The molecule has 0 saturated carbocycles. The lowest BCUT2D eigenvalue weighted by atomic mass is 10.1. The maximum atomic E-state index is 11.9. The Morgan fingerprint density at radius 2 is 1.87 bits per heavy atom.